The van der Waals surface area contributed by atoms with Gasteiger partial charge in [-0.15, -0.1) is 0 Å². The maximum Gasteiger partial charge on any atom is 0.0725 e. The molecule has 2 aliphatic carbocycles. The minimum absolute atomic E-state index is 0.189. The number of aryl methyl sites for hydroxylation is 2. The number of benzene rings is 5. The van der Waals surface area contributed by atoms with Crippen LogP contribution in [0.1, 0.15) is 33.4 Å². The van der Waals surface area contributed by atoms with Gasteiger partial charge in [0.2, 0.25) is 0 Å². The highest BCUT2D eigenvalue weighted by Gasteiger charge is 2.51. The van der Waals surface area contributed by atoms with Gasteiger partial charge in [-0.25, -0.2) is 0 Å². The topological polar surface area (TPSA) is 0 Å². The fraction of sp³-hybridized carbons (Fsp3) is 0.0909. The fourth-order valence-electron chi connectivity index (χ4n) is 5.74. The van der Waals surface area contributed by atoms with E-state index in [9.17, 15) is 0 Å². The molecule has 0 N–H and O–H groups in total. The van der Waals surface area contributed by atoms with Crippen LogP contribution in [0, 0.1) is 13.8 Å². The highest BCUT2D eigenvalue weighted by Crippen LogP contribution is 2.62. The monoisotopic (exact) mass is 422 g/mol. The van der Waals surface area contributed by atoms with E-state index in [-0.39, 0.29) is 5.41 Å². The summed E-state index contributed by atoms with van der Waals surface area (Å²) in [5.74, 6) is 0. The lowest BCUT2D eigenvalue weighted by molar-refractivity contribution is 0.792. The highest BCUT2D eigenvalue weighted by molar-refractivity contribution is 5.94. The van der Waals surface area contributed by atoms with Crippen molar-refractivity contribution < 1.29 is 0 Å². The van der Waals surface area contributed by atoms with E-state index in [1.54, 1.807) is 0 Å². The van der Waals surface area contributed by atoms with Crippen molar-refractivity contribution in [1.82, 2.24) is 0 Å². The molecule has 0 heteroatoms. The Balaban J connectivity index is 0.000000255. The summed E-state index contributed by atoms with van der Waals surface area (Å²) in [6, 6.07) is 44.0. The van der Waals surface area contributed by atoms with Gasteiger partial charge in [0.05, 0.1) is 5.41 Å². The van der Waals surface area contributed by atoms with Crippen LogP contribution in [-0.4, -0.2) is 0 Å². The van der Waals surface area contributed by atoms with Gasteiger partial charge in [-0.1, -0.05) is 132 Å². The van der Waals surface area contributed by atoms with E-state index < -0.39 is 0 Å². The Labute approximate surface area is 196 Å². The molecule has 5 aromatic rings. The minimum Gasteiger partial charge on any atom is -0.0622 e. The molecule has 33 heavy (non-hydrogen) atoms. The molecular weight excluding hydrogens is 396 g/mol. The molecule has 0 saturated heterocycles. The summed E-state index contributed by atoms with van der Waals surface area (Å²) in [5.41, 5.74) is 13.6. The van der Waals surface area contributed by atoms with Gasteiger partial charge < -0.3 is 0 Å². The predicted molar refractivity (Wildman–Crippen MR) is 139 cm³/mol. The van der Waals surface area contributed by atoms with Crippen LogP contribution in [0.3, 0.4) is 0 Å². The lowest BCUT2D eigenvalue weighted by Gasteiger charge is -2.30. The Morgan fingerprint density at radius 2 is 0.788 bits per heavy atom. The van der Waals surface area contributed by atoms with E-state index in [2.05, 4.69) is 117 Å². The van der Waals surface area contributed by atoms with E-state index in [1.165, 1.54) is 55.6 Å². The van der Waals surface area contributed by atoms with Crippen LogP contribution in [0.25, 0.3) is 22.3 Å². The molecule has 0 fully saturated rings. The van der Waals surface area contributed by atoms with Crippen molar-refractivity contribution in [2.24, 2.45) is 0 Å². The molecular formula is C33H26. The van der Waals surface area contributed by atoms with Gasteiger partial charge in [-0.2, -0.15) is 0 Å². The molecule has 1 spiro atoms. The molecule has 0 aliphatic heterocycles. The maximum absolute atomic E-state index is 2.40. The van der Waals surface area contributed by atoms with Crippen molar-refractivity contribution in [3.63, 3.8) is 0 Å². The maximum atomic E-state index is 2.40. The van der Waals surface area contributed by atoms with Gasteiger partial charge in [0.1, 0.15) is 0 Å². The summed E-state index contributed by atoms with van der Waals surface area (Å²) in [4.78, 5) is 0. The standard InChI is InChI=1S/C26H18.C7H8/c1-17-14-15-21-20-10-4-7-13-24(20)26(25(21)16-17)22-11-5-2-8-18(22)19-9-3-6-12-23(19)26;1-7-5-3-2-4-6-7/h2-16H,1H3;2-6H,1H3. The number of fused-ring (bicyclic) bond motifs is 10. The number of rotatable bonds is 0. The van der Waals surface area contributed by atoms with Gasteiger partial charge in [-0.05, 0) is 58.4 Å². The zero-order valence-corrected chi connectivity index (χ0v) is 19.0. The van der Waals surface area contributed by atoms with E-state index in [4.69, 9.17) is 0 Å². The second kappa shape index (κ2) is 7.60. The molecule has 158 valence electrons. The first-order chi connectivity index (χ1) is 16.2. The Morgan fingerprint density at radius 1 is 0.364 bits per heavy atom. The van der Waals surface area contributed by atoms with E-state index in [0.29, 0.717) is 0 Å². The van der Waals surface area contributed by atoms with Crippen molar-refractivity contribution in [3.05, 3.63) is 155 Å². The third-order valence-corrected chi connectivity index (χ3v) is 7.09. The second-order valence-corrected chi connectivity index (χ2v) is 9.09. The zero-order chi connectivity index (χ0) is 22.4. The Morgan fingerprint density at radius 3 is 1.24 bits per heavy atom. The summed E-state index contributed by atoms with van der Waals surface area (Å²) in [5, 5.41) is 0. The van der Waals surface area contributed by atoms with Crippen molar-refractivity contribution >= 4 is 0 Å². The van der Waals surface area contributed by atoms with Crippen LogP contribution < -0.4 is 0 Å². The molecule has 0 amide bonds. The van der Waals surface area contributed by atoms with Crippen molar-refractivity contribution in [1.29, 1.82) is 0 Å². The van der Waals surface area contributed by atoms with E-state index >= 15 is 0 Å². The van der Waals surface area contributed by atoms with Crippen LogP contribution in [0.15, 0.2) is 121 Å². The molecule has 0 aromatic heterocycles. The third-order valence-electron chi connectivity index (χ3n) is 7.09. The molecule has 0 saturated carbocycles. The second-order valence-electron chi connectivity index (χ2n) is 9.09. The number of hydrogen-bond acceptors (Lipinski definition) is 0. The molecule has 2 aliphatic rings. The minimum atomic E-state index is -0.189. The summed E-state index contributed by atoms with van der Waals surface area (Å²) in [6.07, 6.45) is 0. The van der Waals surface area contributed by atoms with Gasteiger partial charge in [-0.3, -0.25) is 0 Å². The Kier molecular flexibility index (Phi) is 4.55. The molecule has 7 rings (SSSR count). The van der Waals surface area contributed by atoms with Crippen LogP contribution in [0.4, 0.5) is 0 Å². The van der Waals surface area contributed by atoms with E-state index in [1.807, 2.05) is 18.2 Å². The Hall–Kier alpha value is -3.90. The predicted octanol–water partition coefficient (Wildman–Crippen LogP) is 8.33. The average Bonchev–Trinajstić information content (AvgIpc) is 3.32. The Bertz CT molecular complexity index is 1410. The van der Waals surface area contributed by atoms with Gasteiger partial charge >= 0.3 is 0 Å². The van der Waals surface area contributed by atoms with Gasteiger partial charge in [0, 0.05) is 0 Å². The van der Waals surface area contributed by atoms with E-state index in [0.717, 1.165) is 0 Å². The van der Waals surface area contributed by atoms with Crippen molar-refractivity contribution in [2.45, 2.75) is 19.3 Å². The van der Waals surface area contributed by atoms with Crippen LogP contribution in [0.2, 0.25) is 0 Å². The molecule has 0 atom stereocenters. The molecule has 0 nitrogen and oxygen atoms in total. The smallest absolute Gasteiger partial charge is 0.0622 e. The lowest BCUT2D eigenvalue weighted by atomic mass is 9.70. The first-order valence-electron chi connectivity index (χ1n) is 11.6. The summed E-state index contributed by atoms with van der Waals surface area (Å²) >= 11 is 0. The fourth-order valence-corrected chi connectivity index (χ4v) is 5.74. The number of hydrogen-bond donors (Lipinski definition) is 0. The largest absolute Gasteiger partial charge is 0.0725 e. The lowest BCUT2D eigenvalue weighted by Crippen LogP contribution is -2.25. The van der Waals surface area contributed by atoms with Crippen LogP contribution in [-0.2, 0) is 5.41 Å². The molecule has 0 radical (unpaired) electrons. The zero-order valence-electron chi connectivity index (χ0n) is 19.0. The highest BCUT2D eigenvalue weighted by atomic mass is 14.5. The third kappa shape index (κ3) is 2.84. The quantitative estimate of drug-likeness (QED) is 0.230. The average molecular weight is 423 g/mol. The summed E-state index contributed by atoms with van der Waals surface area (Å²) in [7, 11) is 0. The first kappa shape index (κ1) is 19.8. The molecule has 0 bridgehead atoms. The first-order valence-corrected chi connectivity index (χ1v) is 11.6. The van der Waals surface area contributed by atoms with Crippen LogP contribution in [0.5, 0.6) is 0 Å². The molecule has 0 heterocycles. The van der Waals surface area contributed by atoms with Crippen molar-refractivity contribution in [2.75, 3.05) is 0 Å². The van der Waals surface area contributed by atoms with Crippen molar-refractivity contribution in [3.8, 4) is 22.3 Å². The van der Waals surface area contributed by atoms with Gasteiger partial charge in [0.25, 0.3) is 0 Å². The summed E-state index contributed by atoms with van der Waals surface area (Å²) < 4.78 is 0. The molecule has 0 unspecified atom stereocenters. The summed E-state index contributed by atoms with van der Waals surface area (Å²) in [6.45, 7) is 4.28. The SMILES string of the molecule is Cc1ccc2c(c1)C1(c3ccccc3-c3ccccc31)c1ccccc1-2.Cc1ccccc1. The van der Waals surface area contributed by atoms with Crippen LogP contribution >= 0.6 is 0 Å². The molecule has 5 aromatic carbocycles. The van der Waals surface area contributed by atoms with Gasteiger partial charge in [0.15, 0.2) is 0 Å². The normalized spacial score (nSPS) is 13.4.